The first kappa shape index (κ1) is 14.3. The van der Waals surface area contributed by atoms with Crippen molar-refractivity contribution in [1.82, 2.24) is 5.32 Å². The van der Waals surface area contributed by atoms with E-state index in [4.69, 9.17) is 11.6 Å². The number of rotatable bonds is 3. The van der Waals surface area contributed by atoms with Crippen molar-refractivity contribution in [1.29, 1.82) is 0 Å². The molecule has 2 N–H and O–H groups in total. The molecule has 0 heterocycles. The summed E-state index contributed by atoms with van der Waals surface area (Å²) in [5.74, 6) is -1.35. The highest BCUT2D eigenvalue weighted by Crippen LogP contribution is 2.13. The third-order valence-corrected chi connectivity index (χ3v) is 2.81. The smallest absolute Gasteiger partial charge is 0.319 e. The molecule has 6 heteroatoms. The molecule has 3 nitrogen and oxygen atoms in total. The topological polar surface area (TPSA) is 41.1 Å². The van der Waals surface area contributed by atoms with Gasteiger partial charge in [-0.1, -0.05) is 17.7 Å². The van der Waals surface area contributed by atoms with Crippen molar-refractivity contribution in [2.45, 2.75) is 6.54 Å². The summed E-state index contributed by atoms with van der Waals surface area (Å²) in [6, 6.07) is 9.25. The maximum absolute atomic E-state index is 13.3. The SMILES string of the molecule is O=C(NCc1ccc(F)cc1F)Nc1ccc(Cl)cc1. The van der Waals surface area contributed by atoms with Gasteiger partial charge >= 0.3 is 6.03 Å². The lowest BCUT2D eigenvalue weighted by molar-refractivity contribution is 0.251. The molecule has 0 saturated carbocycles. The lowest BCUT2D eigenvalue weighted by Crippen LogP contribution is -2.28. The molecule has 0 fully saturated rings. The molecule has 0 spiro atoms. The number of hydrogen-bond donors (Lipinski definition) is 2. The zero-order chi connectivity index (χ0) is 14.5. The van der Waals surface area contributed by atoms with Crippen LogP contribution in [-0.4, -0.2) is 6.03 Å². The third-order valence-electron chi connectivity index (χ3n) is 2.56. The van der Waals surface area contributed by atoms with Gasteiger partial charge in [-0.3, -0.25) is 0 Å². The van der Waals surface area contributed by atoms with E-state index in [1.807, 2.05) is 0 Å². The van der Waals surface area contributed by atoms with Crippen LogP contribution < -0.4 is 10.6 Å². The van der Waals surface area contributed by atoms with Crippen molar-refractivity contribution in [2.24, 2.45) is 0 Å². The van der Waals surface area contributed by atoms with Crippen LogP contribution in [0.1, 0.15) is 5.56 Å². The van der Waals surface area contributed by atoms with Gasteiger partial charge < -0.3 is 10.6 Å². The molecule has 0 radical (unpaired) electrons. The molecule has 0 saturated heterocycles. The third kappa shape index (κ3) is 3.93. The second-order valence-corrected chi connectivity index (χ2v) is 4.49. The van der Waals surface area contributed by atoms with E-state index < -0.39 is 17.7 Å². The zero-order valence-corrected chi connectivity index (χ0v) is 11.0. The molecule has 2 amide bonds. The van der Waals surface area contributed by atoms with Gasteiger partial charge in [0.2, 0.25) is 0 Å². The quantitative estimate of drug-likeness (QED) is 0.885. The second kappa shape index (κ2) is 6.34. The summed E-state index contributed by atoms with van der Waals surface area (Å²) in [7, 11) is 0. The number of nitrogens with one attached hydrogen (secondary N) is 2. The molecule has 104 valence electrons. The van der Waals surface area contributed by atoms with Gasteiger partial charge in [0.1, 0.15) is 11.6 Å². The van der Waals surface area contributed by atoms with Gasteiger partial charge in [-0.15, -0.1) is 0 Å². The Morgan fingerprint density at radius 2 is 1.80 bits per heavy atom. The zero-order valence-electron chi connectivity index (χ0n) is 10.3. The monoisotopic (exact) mass is 296 g/mol. The predicted octanol–water partition coefficient (Wildman–Crippen LogP) is 3.94. The number of halogens is 3. The average Bonchev–Trinajstić information content (AvgIpc) is 2.40. The maximum Gasteiger partial charge on any atom is 0.319 e. The molecule has 20 heavy (non-hydrogen) atoms. The molecule has 0 aliphatic heterocycles. The van der Waals surface area contributed by atoms with E-state index in [2.05, 4.69) is 10.6 Å². The Hall–Kier alpha value is -2.14. The van der Waals surface area contributed by atoms with Crippen molar-refractivity contribution < 1.29 is 13.6 Å². The van der Waals surface area contributed by atoms with Gasteiger partial charge in [-0.05, 0) is 30.3 Å². The van der Waals surface area contributed by atoms with Crippen LogP contribution in [0.2, 0.25) is 5.02 Å². The Bertz CT molecular complexity index is 617. The van der Waals surface area contributed by atoms with Crippen LogP contribution in [0.15, 0.2) is 42.5 Å². The van der Waals surface area contributed by atoms with Crippen LogP contribution in [0, 0.1) is 11.6 Å². The lowest BCUT2D eigenvalue weighted by atomic mass is 10.2. The summed E-state index contributed by atoms with van der Waals surface area (Å²) in [5.41, 5.74) is 0.768. The van der Waals surface area contributed by atoms with Crippen LogP contribution in [0.4, 0.5) is 19.3 Å². The highest BCUT2D eigenvalue weighted by Gasteiger charge is 2.06. The van der Waals surface area contributed by atoms with Crippen molar-refractivity contribution in [3.8, 4) is 0 Å². The maximum atomic E-state index is 13.3. The largest absolute Gasteiger partial charge is 0.334 e. The van der Waals surface area contributed by atoms with Crippen molar-refractivity contribution >= 4 is 23.3 Å². The molecule has 0 bridgehead atoms. The van der Waals surface area contributed by atoms with Crippen molar-refractivity contribution in [3.05, 3.63) is 64.7 Å². The Labute approximate surface area is 119 Å². The lowest BCUT2D eigenvalue weighted by Gasteiger charge is -2.08. The Morgan fingerprint density at radius 1 is 1.10 bits per heavy atom. The number of urea groups is 1. The summed E-state index contributed by atoms with van der Waals surface area (Å²) in [6.07, 6.45) is 0. The first-order valence-corrected chi connectivity index (χ1v) is 6.17. The number of hydrogen-bond acceptors (Lipinski definition) is 1. The fourth-order valence-corrected chi connectivity index (χ4v) is 1.68. The molecule has 2 aromatic carbocycles. The molecule has 2 rings (SSSR count). The van der Waals surface area contributed by atoms with E-state index in [1.165, 1.54) is 6.07 Å². The minimum Gasteiger partial charge on any atom is -0.334 e. The highest BCUT2D eigenvalue weighted by molar-refractivity contribution is 6.30. The first-order chi connectivity index (χ1) is 9.54. The van der Waals surface area contributed by atoms with E-state index in [9.17, 15) is 13.6 Å². The van der Waals surface area contributed by atoms with E-state index in [-0.39, 0.29) is 12.1 Å². The molecular formula is C14H11ClF2N2O. The van der Waals surface area contributed by atoms with E-state index in [0.717, 1.165) is 12.1 Å². The first-order valence-electron chi connectivity index (χ1n) is 5.79. The minimum absolute atomic E-state index is 0.0362. The van der Waals surface area contributed by atoms with Crippen LogP contribution in [0.3, 0.4) is 0 Å². The molecule has 0 atom stereocenters. The predicted molar refractivity (Wildman–Crippen MR) is 73.7 cm³/mol. The van der Waals surface area contributed by atoms with Gasteiger partial charge in [0.15, 0.2) is 0 Å². The highest BCUT2D eigenvalue weighted by atomic mass is 35.5. The molecule has 0 aromatic heterocycles. The number of anilines is 1. The number of carbonyl (C=O) groups excluding carboxylic acids is 1. The number of benzene rings is 2. The van der Waals surface area contributed by atoms with Gasteiger partial charge in [-0.2, -0.15) is 0 Å². The van der Waals surface area contributed by atoms with Crippen molar-refractivity contribution in [2.75, 3.05) is 5.32 Å². The molecular weight excluding hydrogens is 286 g/mol. The standard InChI is InChI=1S/C14H11ClF2N2O/c15-10-2-5-12(6-3-10)19-14(20)18-8-9-1-4-11(16)7-13(9)17/h1-7H,8H2,(H2,18,19,20). The Balaban J connectivity index is 1.90. The summed E-state index contributed by atoms with van der Waals surface area (Å²) in [4.78, 5) is 11.6. The summed E-state index contributed by atoms with van der Waals surface area (Å²) >= 11 is 5.72. The second-order valence-electron chi connectivity index (χ2n) is 4.05. The minimum atomic E-state index is -0.697. The van der Waals surface area contributed by atoms with E-state index >= 15 is 0 Å². The van der Waals surface area contributed by atoms with Gasteiger partial charge in [0.25, 0.3) is 0 Å². The van der Waals surface area contributed by atoms with Crippen LogP contribution in [0.25, 0.3) is 0 Å². The Morgan fingerprint density at radius 3 is 2.45 bits per heavy atom. The Kier molecular flexibility index (Phi) is 4.53. The van der Waals surface area contributed by atoms with Crippen LogP contribution in [-0.2, 0) is 6.54 Å². The summed E-state index contributed by atoms with van der Waals surface area (Å²) in [6.45, 7) is -0.0362. The van der Waals surface area contributed by atoms with E-state index in [1.54, 1.807) is 24.3 Å². The van der Waals surface area contributed by atoms with Gasteiger partial charge in [0, 0.05) is 28.9 Å². The molecule has 0 aliphatic rings. The fourth-order valence-electron chi connectivity index (χ4n) is 1.55. The average molecular weight is 297 g/mol. The molecule has 0 aliphatic carbocycles. The van der Waals surface area contributed by atoms with Crippen LogP contribution in [0.5, 0.6) is 0 Å². The van der Waals surface area contributed by atoms with Gasteiger partial charge in [0.05, 0.1) is 0 Å². The fraction of sp³-hybridized carbons (Fsp3) is 0.0714. The van der Waals surface area contributed by atoms with E-state index in [0.29, 0.717) is 10.7 Å². The number of amides is 2. The summed E-state index contributed by atoms with van der Waals surface area (Å²) in [5, 5.41) is 5.60. The number of carbonyl (C=O) groups is 1. The molecule has 0 unspecified atom stereocenters. The molecule has 2 aromatic rings. The van der Waals surface area contributed by atoms with Gasteiger partial charge in [-0.25, -0.2) is 13.6 Å². The van der Waals surface area contributed by atoms with Crippen LogP contribution >= 0.6 is 11.6 Å². The summed E-state index contributed by atoms with van der Waals surface area (Å²) < 4.78 is 26.1. The normalized spacial score (nSPS) is 10.2. The van der Waals surface area contributed by atoms with Crippen molar-refractivity contribution in [3.63, 3.8) is 0 Å².